The van der Waals surface area contributed by atoms with Crippen LogP contribution >= 0.6 is 0 Å². The zero-order valence-corrected chi connectivity index (χ0v) is 18.1. The lowest BCUT2D eigenvalue weighted by Gasteiger charge is -2.40. The van der Waals surface area contributed by atoms with Crippen LogP contribution in [0, 0.1) is 0 Å². The Morgan fingerprint density at radius 3 is 2.76 bits per heavy atom. The summed E-state index contributed by atoms with van der Waals surface area (Å²) in [6, 6.07) is 8.68. The second-order valence-electron chi connectivity index (χ2n) is 8.32. The first-order valence-electron chi connectivity index (χ1n) is 11.2. The first-order chi connectivity index (χ1) is 14.0. The van der Waals surface area contributed by atoms with Crippen molar-refractivity contribution >= 4 is 11.9 Å². The lowest BCUT2D eigenvalue weighted by molar-refractivity contribution is -0.121. The molecule has 2 aliphatic rings. The average molecular weight is 401 g/mol. The molecule has 1 heterocycles. The van der Waals surface area contributed by atoms with Crippen LogP contribution in [0.1, 0.15) is 77.3 Å². The Morgan fingerprint density at radius 1 is 1.28 bits per heavy atom. The van der Waals surface area contributed by atoms with Crippen molar-refractivity contribution in [3.63, 3.8) is 0 Å². The fraction of sp³-hybridized carbons (Fsp3) is 0.652. The molecule has 1 amide bonds. The van der Waals surface area contributed by atoms with E-state index in [9.17, 15) is 4.79 Å². The number of rotatable bonds is 7. The van der Waals surface area contributed by atoms with Gasteiger partial charge in [-0.2, -0.15) is 0 Å². The second kappa shape index (κ2) is 9.99. The third-order valence-electron chi connectivity index (χ3n) is 6.00. The maximum atomic E-state index is 12.0. The summed E-state index contributed by atoms with van der Waals surface area (Å²) in [7, 11) is 0. The predicted octanol–water partition coefficient (Wildman–Crippen LogP) is 3.68. The topological polar surface area (TPSA) is 74.8 Å². The first-order valence-corrected chi connectivity index (χ1v) is 11.2. The number of hydrogen-bond acceptors (Lipinski definition) is 3. The minimum atomic E-state index is -0.0560. The van der Waals surface area contributed by atoms with E-state index in [0.717, 1.165) is 43.9 Å². The molecule has 3 rings (SSSR count). The van der Waals surface area contributed by atoms with Crippen LogP contribution in [0.25, 0.3) is 0 Å². The van der Waals surface area contributed by atoms with Gasteiger partial charge in [0.05, 0.1) is 12.6 Å². The van der Waals surface area contributed by atoms with Crippen LogP contribution in [-0.4, -0.2) is 36.6 Å². The number of para-hydroxylation sites is 1. The van der Waals surface area contributed by atoms with Crippen LogP contribution in [0.5, 0.6) is 5.75 Å². The van der Waals surface area contributed by atoms with Crippen molar-refractivity contribution in [3.8, 4) is 5.75 Å². The van der Waals surface area contributed by atoms with Crippen LogP contribution < -0.4 is 20.7 Å². The molecule has 1 aliphatic carbocycles. The van der Waals surface area contributed by atoms with Gasteiger partial charge in [0.15, 0.2) is 5.96 Å². The average Bonchev–Trinajstić information content (AvgIpc) is 3.15. The number of carbonyl (C=O) groups excluding carboxylic acids is 1. The molecule has 1 aliphatic heterocycles. The number of nitrogens with zero attached hydrogens (tertiary/aromatic N) is 1. The normalized spacial score (nSPS) is 21.2. The molecule has 1 aromatic rings. The fourth-order valence-corrected chi connectivity index (χ4v) is 4.28. The second-order valence-corrected chi connectivity index (χ2v) is 8.32. The number of ether oxygens (including phenoxy) is 1. The SMILES string of the molecule is CCNC(=NCCC(=O)NC(C)CC)NC1CC2(CCCC2)Oc2ccccc21. The van der Waals surface area contributed by atoms with Crippen LogP contribution in [0.3, 0.4) is 0 Å². The minimum Gasteiger partial charge on any atom is -0.487 e. The van der Waals surface area contributed by atoms with Crippen molar-refractivity contribution in [1.82, 2.24) is 16.0 Å². The Balaban J connectivity index is 1.68. The van der Waals surface area contributed by atoms with E-state index in [2.05, 4.69) is 53.0 Å². The molecule has 1 aromatic carbocycles. The van der Waals surface area contributed by atoms with E-state index >= 15 is 0 Å². The zero-order chi connectivity index (χ0) is 20.7. The van der Waals surface area contributed by atoms with E-state index < -0.39 is 0 Å². The number of hydrogen-bond donors (Lipinski definition) is 3. The van der Waals surface area contributed by atoms with Crippen LogP contribution in [0.2, 0.25) is 0 Å². The summed E-state index contributed by atoms with van der Waals surface area (Å²) in [4.78, 5) is 16.7. The molecular formula is C23H36N4O2. The van der Waals surface area contributed by atoms with Gasteiger partial charge >= 0.3 is 0 Å². The van der Waals surface area contributed by atoms with Gasteiger partial charge in [-0.05, 0) is 52.0 Å². The Labute approximate surface area is 174 Å². The molecule has 6 nitrogen and oxygen atoms in total. The fourth-order valence-electron chi connectivity index (χ4n) is 4.28. The number of benzene rings is 1. The number of carbonyl (C=O) groups is 1. The third kappa shape index (κ3) is 5.64. The van der Waals surface area contributed by atoms with Gasteiger partial charge in [0.25, 0.3) is 0 Å². The first kappa shape index (κ1) is 21.5. The molecule has 3 N–H and O–H groups in total. The maximum Gasteiger partial charge on any atom is 0.222 e. The molecule has 1 saturated carbocycles. The van der Waals surface area contributed by atoms with Gasteiger partial charge in [-0.15, -0.1) is 0 Å². The molecule has 1 fully saturated rings. The Morgan fingerprint density at radius 2 is 2.03 bits per heavy atom. The van der Waals surface area contributed by atoms with Crippen molar-refractivity contribution < 1.29 is 9.53 Å². The molecule has 1 spiro atoms. The number of guanidine groups is 1. The molecule has 2 unspecified atom stereocenters. The Hall–Kier alpha value is -2.24. The largest absolute Gasteiger partial charge is 0.487 e. The Bertz CT molecular complexity index is 713. The van der Waals surface area contributed by atoms with Crippen molar-refractivity contribution in [2.24, 2.45) is 4.99 Å². The maximum absolute atomic E-state index is 12.0. The van der Waals surface area contributed by atoms with E-state index in [1.54, 1.807) is 0 Å². The van der Waals surface area contributed by atoms with Crippen molar-refractivity contribution in [1.29, 1.82) is 0 Å². The van der Waals surface area contributed by atoms with Gasteiger partial charge in [0.2, 0.25) is 5.91 Å². The third-order valence-corrected chi connectivity index (χ3v) is 6.00. The van der Waals surface area contributed by atoms with Gasteiger partial charge in [0.1, 0.15) is 11.4 Å². The highest BCUT2D eigenvalue weighted by Crippen LogP contribution is 2.46. The molecule has 0 bridgehead atoms. The standard InChI is InChI=1S/C23H36N4O2/c1-4-17(3)26-21(28)12-15-25-22(24-5-2)27-19-16-23(13-8-9-14-23)29-20-11-7-6-10-18(19)20/h6-7,10-11,17,19H,4-5,8-9,12-16H2,1-3H3,(H,26,28)(H2,24,25,27). The summed E-state index contributed by atoms with van der Waals surface area (Å²) in [5.74, 6) is 1.81. The van der Waals surface area contributed by atoms with Crippen LogP contribution in [-0.2, 0) is 4.79 Å². The number of aliphatic imine (C=N–C) groups is 1. The van der Waals surface area contributed by atoms with Crippen molar-refractivity contribution in [2.45, 2.75) is 83.4 Å². The number of amides is 1. The number of fused-ring (bicyclic) bond motifs is 1. The van der Waals surface area contributed by atoms with Crippen LogP contribution in [0.4, 0.5) is 0 Å². The minimum absolute atomic E-state index is 0.0558. The molecule has 0 saturated heterocycles. The summed E-state index contributed by atoms with van der Waals surface area (Å²) in [5, 5.41) is 9.95. The summed E-state index contributed by atoms with van der Waals surface area (Å²) in [5.41, 5.74) is 1.13. The molecule has 0 aromatic heterocycles. The zero-order valence-electron chi connectivity index (χ0n) is 18.1. The highest BCUT2D eigenvalue weighted by atomic mass is 16.5. The molecular weight excluding hydrogens is 364 g/mol. The predicted molar refractivity (Wildman–Crippen MR) is 117 cm³/mol. The quantitative estimate of drug-likeness (QED) is 0.482. The highest BCUT2D eigenvalue weighted by molar-refractivity contribution is 5.81. The molecule has 2 atom stereocenters. The van der Waals surface area contributed by atoms with Gasteiger partial charge in [-0.1, -0.05) is 25.1 Å². The smallest absolute Gasteiger partial charge is 0.222 e. The lowest BCUT2D eigenvalue weighted by Crippen LogP contribution is -2.46. The van der Waals surface area contributed by atoms with Crippen LogP contribution in [0.15, 0.2) is 29.3 Å². The van der Waals surface area contributed by atoms with Crippen molar-refractivity contribution in [3.05, 3.63) is 29.8 Å². The number of nitrogens with one attached hydrogen (secondary N) is 3. The summed E-state index contributed by atoms with van der Waals surface area (Å²) in [6.45, 7) is 7.39. The van der Waals surface area contributed by atoms with E-state index in [-0.39, 0.29) is 23.6 Å². The van der Waals surface area contributed by atoms with Gasteiger partial charge in [-0.3, -0.25) is 9.79 Å². The highest BCUT2D eigenvalue weighted by Gasteiger charge is 2.43. The van der Waals surface area contributed by atoms with Crippen molar-refractivity contribution in [2.75, 3.05) is 13.1 Å². The van der Waals surface area contributed by atoms with E-state index in [1.165, 1.54) is 18.4 Å². The van der Waals surface area contributed by atoms with E-state index in [1.807, 2.05) is 13.0 Å². The molecule has 160 valence electrons. The van der Waals surface area contributed by atoms with Gasteiger partial charge < -0.3 is 20.7 Å². The summed E-state index contributed by atoms with van der Waals surface area (Å²) in [6.07, 6.45) is 6.97. The summed E-state index contributed by atoms with van der Waals surface area (Å²) < 4.78 is 6.46. The molecule has 6 heteroatoms. The lowest BCUT2D eigenvalue weighted by atomic mass is 9.86. The van der Waals surface area contributed by atoms with Gasteiger partial charge in [0, 0.05) is 31.0 Å². The molecule has 29 heavy (non-hydrogen) atoms. The van der Waals surface area contributed by atoms with E-state index in [0.29, 0.717) is 13.0 Å². The molecule has 0 radical (unpaired) electrons. The van der Waals surface area contributed by atoms with Gasteiger partial charge in [-0.25, -0.2) is 0 Å². The van der Waals surface area contributed by atoms with E-state index in [4.69, 9.17) is 4.74 Å². The Kier molecular flexibility index (Phi) is 7.40. The summed E-state index contributed by atoms with van der Waals surface area (Å²) >= 11 is 0. The monoisotopic (exact) mass is 400 g/mol.